The Balaban J connectivity index is 1.88. The van der Waals surface area contributed by atoms with Crippen molar-refractivity contribution in [3.05, 3.63) is 34.9 Å². The fraction of sp³-hybridized carbons (Fsp3) is 0.600. The maximum absolute atomic E-state index is 6.40. The summed E-state index contributed by atoms with van der Waals surface area (Å²) in [6.07, 6.45) is 7.53. The van der Waals surface area contributed by atoms with Crippen LogP contribution in [0.5, 0.6) is 0 Å². The van der Waals surface area contributed by atoms with Gasteiger partial charge in [-0.2, -0.15) is 0 Å². The molecule has 1 fully saturated rings. The first-order chi connectivity index (χ1) is 8.25. The molecule has 4 N–H and O–H groups in total. The summed E-state index contributed by atoms with van der Waals surface area (Å²) in [5.74, 6) is 0. The van der Waals surface area contributed by atoms with E-state index < -0.39 is 0 Å². The van der Waals surface area contributed by atoms with Gasteiger partial charge in [0.15, 0.2) is 0 Å². The largest absolute Gasteiger partial charge is 0.330 e. The summed E-state index contributed by atoms with van der Waals surface area (Å²) >= 11 is 0. The molecule has 0 spiro atoms. The number of benzene rings is 1. The highest BCUT2D eigenvalue weighted by Crippen LogP contribution is 2.53. The van der Waals surface area contributed by atoms with Gasteiger partial charge >= 0.3 is 0 Å². The Labute approximate surface area is 103 Å². The summed E-state index contributed by atoms with van der Waals surface area (Å²) in [6, 6.07) is 7.00. The zero-order chi connectivity index (χ0) is 11.9. The molecule has 0 aliphatic heterocycles. The Hall–Kier alpha value is -0.860. The van der Waals surface area contributed by atoms with Gasteiger partial charge in [0.05, 0.1) is 0 Å². The van der Waals surface area contributed by atoms with Gasteiger partial charge in [0.25, 0.3) is 0 Å². The van der Waals surface area contributed by atoms with Crippen molar-refractivity contribution in [1.82, 2.24) is 0 Å². The average molecular weight is 230 g/mol. The minimum absolute atomic E-state index is 0.139. The van der Waals surface area contributed by atoms with Crippen LogP contribution in [0, 0.1) is 5.41 Å². The Bertz CT molecular complexity index is 421. The van der Waals surface area contributed by atoms with Crippen LogP contribution in [0.3, 0.4) is 0 Å². The van der Waals surface area contributed by atoms with Crippen LogP contribution < -0.4 is 11.5 Å². The fourth-order valence-electron chi connectivity index (χ4n) is 3.10. The maximum atomic E-state index is 6.40. The molecule has 0 heterocycles. The Morgan fingerprint density at radius 3 is 2.47 bits per heavy atom. The van der Waals surface area contributed by atoms with E-state index in [1.54, 1.807) is 0 Å². The monoisotopic (exact) mass is 230 g/mol. The molecule has 0 bridgehead atoms. The summed E-state index contributed by atoms with van der Waals surface area (Å²) in [4.78, 5) is 0. The van der Waals surface area contributed by atoms with E-state index in [1.807, 2.05) is 0 Å². The van der Waals surface area contributed by atoms with Crippen molar-refractivity contribution in [1.29, 1.82) is 0 Å². The van der Waals surface area contributed by atoms with Crippen molar-refractivity contribution in [2.75, 3.05) is 6.54 Å². The van der Waals surface area contributed by atoms with Crippen LogP contribution in [0.4, 0.5) is 0 Å². The van der Waals surface area contributed by atoms with Crippen molar-refractivity contribution >= 4 is 0 Å². The van der Waals surface area contributed by atoms with E-state index in [0.29, 0.717) is 0 Å². The lowest BCUT2D eigenvalue weighted by atomic mass is 9.85. The Morgan fingerprint density at radius 1 is 1.12 bits per heavy atom. The fourth-order valence-corrected chi connectivity index (χ4v) is 3.10. The van der Waals surface area contributed by atoms with Crippen LogP contribution in [0.1, 0.15) is 48.4 Å². The Kier molecular flexibility index (Phi) is 2.72. The lowest BCUT2D eigenvalue weighted by Gasteiger charge is -2.24. The molecule has 3 rings (SSSR count). The quantitative estimate of drug-likeness (QED) is 0.837. The van der Waals surface area contributed by atoms with Gasteiger partial charge in [-0.1, -0.05) is 18.2 Å². The zero-order valence-corrected chi connectivity index (χ0v) is 10.4. The van der Waals surface area contributed by atoms with Gasteiger partial charge in [0.1, 0.15) is 0 Å². The van der Waals surface area contributed by atoms with Gasteiger partial charge in [-0.25, -0.2) is 0 Å². The minimum Gasteiger partial charge on any atom is -0.330 e. The predicted octanol–water partition coefficient (Wildman–Crippen LogP) is 2.30. The average Bonchev–Trinajstić information content (AvgIpc) is 3.18. The molecule has 1 atom stereocenters. The second kappa shape index (κ2) is 4.11. The van der Waals surface area contributed by atoms with E-state index in [9.17, 15) is 0 Å². The minimum atomic E-state index is 0.139. The summed E-state index contributed by atoms with van der Waals surface area (Å²) in [6.45, 7) is 0.727. The van der Waals surface area contributed by atoms with Crippen molar-refractivity contribution in [3.63, 3.8) is 0 Å². The molecule has 0 radical (unpaired) electrons. The smallest absolute Gasteiger partial charge is 0.0364 e. The van der Waals surface area contributed by atoms with E-state index >= 15 is 0 Å². The second-order valence-electron chi connectivity index (χ2n) is 5.78. The van der Waals surface area contributed by atoms with Gasteiger partial charge in [0.2, 0.25) is 0 Å². The summed E-state index contributed by atoms with van der Waals surface area (Å²) < 4.78 is 0. The molecule has 0 aromatic heterocycles. The first kappa shape index (κ1) is 11.2. The first-order valence-corrected chi connectivity index (χ1v) is 6.82. The van der Waals surface area contributed by atoms with Crippen LogP contribution in [-0.4, -0.2) is 6.54 Å². The molecule has 2 aliphatic carbocycles. The molecule has 2 aliphatic rings. The van der Waals surface area contributed by atoms with Crippen LogP contribution in [0.2, 0.25) is 0 Å². The third-order valence-corrected chi connectivity index (χ3v) is 4.69. The van der Waals surface area contributed by atoms with Gasteiger partial charge in [-0.05, 0) is 61.8 Å². The van der Waals surface area contributed by atoms with Crippen LogP contribution >= 0.6 is 0 Å². The number of hydrogen-bond donors (Lipinski definition) is 2. The normalized spacial score (nSPS) is 22.9. The van der Waals surface area contributed by atoms with Crippen molar-refractivity contribution in [2.45, 2.75) is 44.6 Å². The number of fused-ring (bicyclic) bond motifs is 1. The van der Waals surface area contributed by atoms with Crippen molar-refractivity contribution in [3.8, 4) is 0 Å². The van der Waals surface area contributed by atoms with Crippen LogP contribution in [0.15, 0.2) is 18.2 Å². The third kappa shape index (κ3) is 1.90. The molecule has 1 aromatic carbocycles. The van der Waals surface area contributed by atoms with E-state index in [0.717, 1.165) is 6.54 Å². The van der Waals surface area contributed by atoms with Crippen LogP contribution in [0.25, 0.3) is 0 Å². The van der Waals surface area contributed by atoms with Crippen molar-refractivity contribution < 1.29 is 0 Å². The number of rotatable bonds is 3. The van der Waals surface area contributed by atoms with E-state index in [1.165, 1.54) is 55.2 Å². The SMILES string of the molecule is NCC1(C(N)c2ccc3c(c2)CCCC3)CC1. The maximum Gasteiger partial charge on any atom is 0.0364 e. The highest BCUT2D eigenvalue weighted by atomic mass is 14.8. The lowest BCUT2D eigenvalue weighted by molar-refractivity contribution is 0.418. The highest BCUT2D eigenvalue weighted by Gasteiger charge is 2.47. The molecule has 0 amide bonds. The van der Waals surface area contributed by atoms with Gasteiger partial charge in [0, 0.05) is 11.5 Å². The first-order valence-electron chi connectivity index (χ1n) is 6.82. The molecular weight excluding hydrogens is 208 g/mol. The molecule has 1 unspecified atom stereocenters. The number of nitrogens with two attached hydrogens (primary N) is 2. The number of hydrogen-bond acceptors (Lipinski definition) is 2. The van der Waals surface area contributed by atoms with Crippen molar-refractivity contribution in [2.24, 2.45) is 16.9 Å². The molecule has 1 saturated carbocycles. The second-order valence-corrected chi connectivity index (χ2v) is 5.78. The lowest BCUT2D eigenvalue weighted by Crippen LogP contribution is -2.29. The molecule has 17 heavy (non-hydrogen) atoms. The Morgan fingerprint density at radius 2 is 1.82 bits per heavy atom. The predicted molar refractivity (Wildman–Crippen MR) is 70.7 cm³/mol. The van der Waals surface area contributed by atoms with E-state index in [4.69, 9.17) is 11.5 Å². The topological polar surface area (TPSA) is 52.0 Å². The molecular formula is C15H22N2. The zero-order valence-electron chi connectivity index (χ0n) is 10.4. The molecule has 2 nitrogen and oxygen atoms in total. The number of aryl methyl sites for hydroxylation is 2. The molecule has 1 aromatic rings. The standard InChI is InChI=1S/C15H22N2/c16-10-15(7-8-15)14(17)13-6-5-11-3-1-2-4-12(11)9-13/h5-6,9,14H,1-4,7-8,10,16-17H2. The van der Waals surface area contributed by atoms with E-state index in [2.05, 4.69) is 18.2 Å². The van der Waals surface area contributed by atoms with Gasteiger partial charge in [-0.15, -0.1) is 0 Å². The summed E-state index contributed by atoms with van der Waals surface area (Å²) in [5, 5.41) is 0. The third-order valence-electron chi connectivity index (χ3n) is 4.69. The van der Waals surface area contributed by atoms with Gasteiger partial charge < -0.3 is 11.5 Å². The van der Waals surface area contributed by atoms with E-state index in [-0.39, 0.29) is 11.5 Å². The molecule has 92 valence electrons. The van der Waals surface area contributed by atoms with Gasteiger partial charge in [-0.3, -0.25) is 0 Å². The summed E-state index contributed by atoms with van der Waals surface area (Å²) in [5.41, 5.74) is 16.8. The van der Waals surface area contributed by atoms with Crippen LogP contribution in [-0.2, 0) is 12.8 Å². The molecule has 0 saturated heterocycles. The summed E-state index contributed by atoms with van der Waals surface area (Å²) in [7, 11) is 0. The molecule has 2 heteroatoms. The highest BCUT2D eigenvalue weighted by molar-refractivity contribution is 5.36.